The van der Waals surface area contributed by atoms with Crippen molar-refractivity contribution in [3.63, 3.8) is 0 Å². The molecule has 1 aliphatic carbocycles. The van der Waals surface area contributed by atoms with E-state index in [2.05, 4.69) is 20.4 Å². The Bertz CT molecular complexity index is 1390. The number of benzene rings is 1. The van der Waals surface area contributed by atoms with Gasteiger partial charge in [0, 0.05) is 35.9 Å². The molecule has 36 heavy (non-hydrogen) atoms. The Morgan fingerprint density at radius 1 is 1.08 bits per heavy atom. The van der Waals surface area contributed by atoms with Crippen LogP contribution >= 0.6 is 0 Å². The van der Waals surface area contributed by atoms with Gasteiger partial charge in [-0.05, 0) is 83.2 Å². The molecule has 5 rings (SSSR count). The molecule has 3 heterocycles. The minimum atomic E-state index is -0.832. The number of aryl methyl sites for hydroxylation is 1. The third-order valence-electron chi connectivity index (χ3n) is 6.60. The van der Waals surface area contributed by atoms with E-state index in [0.29, 0.717) is 24.0 Å². The van der Waals surface area contributed by atoms with Gasteiger partial charge in [0.25, 0.3) is 0 Å². The first-order chi connectivity index (χ1) is 17.1. The first-order valence-corrected chi connectivity index (χ1v) is 12.3. The van der Waals surface area contributed by atoms with Crippen molar-refractivity contribution in [3.8, 4) is 17.1 Å². The molecule has 188 valence electrons. The first kappa shape index (κ1) is 24.1. The van der Waals surface area contributed by atoms with E-state index < -0.39 is 5.60 Å². The molecule has 1 fully saturated rings. The van der Waals surface area contributed by atoms with E-state index in [4.69, 9.17) is 5.10 Å². The second-order valence-corrected chi connectivity index (χ2v) is 10.4. The van der Waals surface area contributed by atoms with E-state index in [1.807, 2.05) is 31.5 Å². The average Bonchev–Trinajstić information content (AvgIpc) is 3.54. The maximum absolute atomic E-state index is 13.5. The Balaban J connectivity index is 1.49. The van der Waals surface area contributed by atoms with Gasteiger partial charge in [-0.1, -0.05) is 0 Å². The van der Waals surface area contributed by atoms with Gasteiger partial charge in [-0.25, -0.2) is 23.7 Å². The molecular formula is C27H32FN7O. The molecular weight excluding hydrogens is 457 g/mol. The molecule has 3 aromatic heterocycles. The lowest BCUT2D eigenvalue weighted by Gasteiger charge is -2.17. The Morgan fingerprint density at radius 2 is 1.81 bits per heavy atom. The standard InChI is InChI=1S/C27H32FN7O/c1-16-25(20-8-10-21(28)11-9-20)33-34(14-19-6-7-19)26(16)31-23-12-24(30-15-29-23)35-18(3)22(17(2)32-35)13-27(4,5)36/h8-12,15,19,36H,6-7,13-14H2,1-5H3,(H,29,30,31). The first-order valence-electron chi connectivity index (χ1n) is 12.3. The van der Waals surface area contributed by atoms with Crippen LogP contribution in [0.3, 0.4) is 0 Å². The number of hydrogen-bond acceptors (Lipinski definition) is 6. The highest BCUT2D eigenvalue weighted by molar-refractivity contribution is 5.71. The molecule has 0 unspecified atom stereocenters. The largest absolute Gasteiger partial charge is 0.390 e. The molecule has 2 N–H and O–H groups in total. The van der Waals surface area contributed by atoms with E-state index in [9.17, 15) is 9.50 Å². The second kappa shape index (κ2) is 9.13. The van der Waals surface area contributed by atoms with Crippen molar-refractivity contribution in [2.24, 2.45) is 5.92 Å². The molecule has 0 radical (unpaired) electrons. The number of anilines is 2. The molecule has 9 heteroatoms. The molecule has 0 amide bonds. The normalized spacial score (nSPS) is 13.9. The highest BCUT2D eigenvalue weighted by atomic mass is 19.1. The SMILES string of the molecule is Cc1nn(-c2cc(Nc3c(C)c(-c4ccc(F)cc4)nn3CC3CC3)ncn2)c(C)c1CC(C)(C)O. The zero-order valence-corrected chi connectivity index (χ0v) is 21.4. The molecule has 8 nitrogen and oxygen atoms in total. The zero-order chi connectivity index (χ0) is 25.6. The van der Waals surface area contributed by atoms with Gasteiger partial charge in [0.05, 0.1) is 17.0 Å². The summed E-state index contributed by atoms with van der Waals surface area (Å²) >= 11 is 0. The molecule has 0 saturated heterocycles. The highest BCUT2D eigenvalue weighted by Crippen LogP contribution is 2.35. The smallest absolute Gasteiger partial charge is 0.159 e. The minimum absolute atomic E-state index is 0.268. The van der Waals surface area contributed by atoms with Crippen LogP contribution in [-0.4, -0.2) is 40.2 Å². The maximum atomic E-state index is 13.5. The van der Waals surface area contributed by atoms with Crippen molar-refractivity contribution in [3.05, 3.63) is 65.0 Å². The Labute approximate surface area is 210 Å². The van der Waals surface area contributed by atoms with Gasteiger partial charge < -0.3 is 10.4 Å². The van der Waals surface area contributed by atoms with Gasteiger partial charge in [-0.15, -0.1) is 0 Å². The van der Waals surface area contributed by atoms with Crippen LogP contribution in [0.25, 0.3) is 17.1 Å². The number of aliphatic hydroxyl groups is 1. The van der Waals surface area contributed by atoms with E-state index in [0.717, 1.165) is 46.1 Å². The number of halogens is 1. The Morgan fingerprint density at radius 3 is 2.47 bits per heavy atom. The number of hydrogen-bond donors (Lipinski definition) is 2. The molecule has 1 aromatic carbocycles. The van der Waals surface area contributed by atoms with E-state index >= 15 is 0 Å². The lowest BCUT2D eigenvalue weighted by atomic mass is 9.97. The van der Waals surface area contributed by atoms with Crippen LogP contribution in [0.15, 0.2) is 36.7 Å². The van der Waals surface area contributed by atoms with E-state index in [-0.39, 0.29) is 5.82 Å². The zero-order valence-electron chi connectivity index (χ0n) is 21.4. The van der Waals surface area contributed by atoms with Gasteiger partial charge in [0.1, 0.15) is 23.8 Å². The van der Waals surface area contributed by atoms with Gasteiger partial charge in [0.15, 0.2) is 5.82 Å². The molecule has 0 bridgehead atoms. The molecule has 4 aromatic rings. The summed E-state index contributed by atoms with van der Waals surface area (Å²) in [7, 11) is 0. The van der Waals surface area contributed by atoms with Crippen LogP contribution in [0.5, 0.6) is 0 Å². The van der Waals surface area contributed by atoms with Crippen LogP contribution < -0.4 is 5.32 Å². The predicted octanol–water partition coefficient (Wildman–Crippen LogP) is 5.06. The number of rotatable bonds is 8. The summed E-state index contributed by atoms with van der Waals surface area (Å²) < 4.78 is 17.3. The van der Waals surface area contributed by atoms with Crippen molar-refractivity contribution in [2.45, 2.75) is 66.0 Å². The third-order valence-corrected chi connectivity index (χ3v) is 6.60. The summed E-state index contributed by atoms with van der Waals surface area (Å²) in [6.07, 6.45) is 4.42. The lowest BCUT2D eigenvalue weighted by molar-refractivity contribution is 0.0806. The fourth-order valence-corrected chi connectivity index (χ4v) is 4.51. The van der Waals surface area contributed by atoms with E-state index in [1.54, 1.807) is 30.7 Å². The van der Waals surface area contributed by atoms with Crippen LogP contribution in [-0.2, 0) is 13.0 Å². The third kappa shape index (κ3) is 5.02. The summed E-state index contributed by atoms with van der Waals surface area (Å²) in [5.74, 6) is 2.48. The molecule has 0 spiro atoms. The van der Waals surface area contributed by atoms with Gasteiger partial charge >= 0.3 is 0 Å². The van der Waals surface area contributed by atoms with Crippen molar-refractivity contribution in [1.29, 1.82) is 0 Å². The molecule has 1 aliphatic rings. The molecule has 0 aliphatic heterocycles. The van der Waals surface area contributed by atoms with Crippen molar-refractivity contribution >= 4 is 11.6 Å². The van der Waals surface area contributed by atoms with Crippen molar-refractivity contribution in [1.82, 2.24) is 29.5 Å². The van der Waals surface area contributed by atoms with Gasteiger partial charge in [-0.2, -0.15) is 10.2 Å². The Kier molecular flexibility index (Phi) is 6.12. The van der Waals surface area contributed by atoms with E-state index in [1.165, 1.54) is 31.3 Å². The summed E-state index contributed by atoms with van der Waals surface area (Å²) in [5, 5.41) is 23.3. The van der Waals surface area contributed by atoms with Crippen molar-refractivity contribution in [2.75, 3.05) is 5.32 Å². The highest BCUT2D eigenvalue weighted by Gasteiger charge is 2.26. The van der Waals surface area contributed by atoms with Crippen LogP contribution in [0, 0.1) is 32.5 Å². The van der Waals surface area contributed by atoms with Crippen LogP contribution in [0.4, 0.5) is 16.0 Å². The maximum Gasteiger partial charge on any atom is 0.159 e. The minimum Gasteiger partial charge on any atom is -0.390 e. The Hall–Kier alpha value is -3.59. The second-order valence-electron chi connectivity index (χ2n) is 10.4. The molecule has 1 saturated carbocycles. The van der Waals surface area contributed by atoms with Crippen molar-refractivity contribution < 1.29 is 9.50 Å². The number of nitrogens with zero attached hydrogens (tertiary/aromatic N) is 6. The summed E-state index contributed by atoms with van der Waals surface area (Å²) in [6, 6.07) is 8.29. The van der Waals surface area contributed by atoms with Gasteiger partial charge in [-0.3, -0.25) is 0 Å². The lowest BCUT2D eigenvalue weighted by Crippen LogP contribution is -2.22. The average molecular weight is 490 g/mol. The quantitative estimate of drug-likeness (QED) is 0.359. The summed E-state index contributed by atoms with van der Waals surface area (Å²) in [5.41, 5.74) is 4.65. The summed E-state index contributed by atoms with van der Waals surface area (Å²) in [4.78, 5) is 8.91. The fourth-order valence-electron chi connectivity index (χ4n) is 4.51. The fraction of sp³-hybridized carbons (Fsp3) is 0.407. The number of aromatic nitrogens is 6. The molecule has 0 atom stereocenters. The van der Waals surface area contributed by atoms with Crippen LogP contribution in [0.1, 0.15) is 49.2 Å². The van der Waals surface area contributed by atoms with Gasteiger partial charge in [0.2, 0.25) is 0 Å². The predicted molar refractivity (Wildman–Crippen MR) is 137 cm³/mol. The topological polar surface area (TPSA) is 93.7 Å². The summed E-state index contributed by atoms with van der Waals surface area (Å²) in [6.45, 7) is 10.4. The van der Waals surface area contributed by atoms with Crippen LogP contribution in [0.2, 0.25) is 0 Å². The number of nitrogens with one attached hydrogen (secondary N) is 1. The monoisotopic (exact) mass is 489 g/mol.